The number of hydrogen-bond acceptors (Lipinski definition) is 6. The van der Waals surface area contributed by atoms with Gasteiger partial charge in [0.2, 0.25) is 5.88 Å². The van der Waals surface area contributed by atoms with Crippen LogP contribution in [0.25, 0.3) is 11.3 Å². The van der Waals surface area contributed by atoms with Gasteiger partial charge >= 0.3 is 0 Å². The number of pyridine rings is 1. The fourth-order valence-corrected chi connectivity index (χ4v) is 4.41. The number of piperidine rings is 1. The van der Waals surface area contributed by atoms with Crippen molar-refractivity contribution in [3.63, 3.8) is 0 Å². The molecule has 0 unspecified atom stereocenters. The molecule has 0 bridgehead atoms. The maximum Gasteiger partial charge on any atom is 0.298 e. The van der Waals surface area contributed by atoms with Gasteiger partial charge < -0.3 is 21.1 Å². The number of primary amides is 1. The lowest BCUT2D eigenvalue weighted by atomic mass is 10.00. The zero-order valence-corrected chi connectivity index (χ0v) is 20.6. The summed E-state index contributed by atoms with van der Waals surface area (Å²) in [4.78, 5) is 29.1. The van der Waals surface area contributed by atoms with E-state index in [9.17, 15) is 9.59 Å². The number of aromatic nitrogens is 3. The lowest BCUT2D eigenvalue weighted by Crippen LogP contribution is -2.44. The summed E-state index contributed by atoms with van der Waals surface area (Å²) in [6, 6.07) is 10.3. The minimum atomic E-state index is -0.642. The molecule has 1 saturated carbocycles. The van der Waals surface area contributed by atoms with Crippen LogP contribution in [0.1, 0.15) is 49.4 Å². The summed E-state index contributed by atoms with van der Waals surface area (Å²) in [7, 11) is 0. The lowest BCUT2D eigenvalue weighted by Gasteiger charge is -2.34. The van der Waals surface area contributed by atoms with E-state index < -0.39 is 5.91 Å². The van der Waals surface area contributed by atoms with Crippen molar-refractivity contribution in [2.75, 3.05) is 12.3 Å². The summed E-state index contributed by atoms with van der Waals surface area (Å²) in [5.41, 5.74) is 12.5. The first-order valence-electron chi connectivity index (χ1n) is 11.6. The number of nitrogens with one attached hydrogen (secondary N) is 1. The van der Waals surface area contributed by atoms with Gasteiger partial charge in [-0.25, -0.2) is 4.98 Å². The second-order valence-electron chi connectivity index (χ2n) is 8.68. The molecule has 3 aromatic rings. The van der Waals surface area contributed by atoms with E-state index in [1.807, 2.05) is 4.90 Å². The number of nitrogens with zero attached hydrogens (tertiary/aromatic N) is 3. The molecule has 9 nitrogen and oxygen atoms in total. The van der Waals surface area contributed by atoms with Crippen LogP contribution < -0.4 is 16.2 Å². The number of halogens is 1. The average molecular weight is 507 g/mol. The number of nitrogen functional groups attached to an aromatic ring is 1. The number of anilines is 1. The normalized spacial score (nSPS) is 15.2. The van der Waals surface area contributed by atoms with Crippen LogP contribution in [-0.4, -0.2) is 44.0 Å². The van der Waals surface area contributed by atoms with Gasteiger partial charge in [-0.2, -0.15) is 5.10 Å². The lowest BCUT2D eigenvalue weighted by molar-refractivity contribution is -0.129. The highest BCUT2D eigenvalue weighted by Gasteiger charge is 2.50. The third kappa shape index (κ3) is 5.61. The number of carbonyl (C=O) groups is 2. The fourth-order valence-electron chi connectivity index (χ4n) is 4.30. The Morgan fingerprint density at radius 1 is 1.14 bits per heavy atom. The van der Waals surface area contributed by atoms with Gasteiger partial charge in [0.1, 0.15) is 11.3 Å². The molecule has 2 fully saturated rings. The third-order valence-corrected chi connectivity index (χ3v) is 6.48. The molecule has 3 heterocycles. The van der Waals surface area contributed by atoms with E-state index in [0.29, 0.717) is 27.9 Å². The van der Waals surface area contributed by atoms with E-state index in [2.05, 4.69) is 27.0 Å². The molecule has 1 aliphatic heterocycles. The molecule has 36 heavy (non-hydrogen) atoms. The SMILES string of the molecule is CC#CC(=O)N1CCCCC12CC2.NC(=O)c1c(N)n[nH]c1-c1ccc(Oc2ccc(Cl)cn2)cc1. The van der Waals surface area contributed by atoms with E-state index >= 15 is 0 Å². The van der Waals surface area contributed by atoms with Crippen LogP contribution in [0.2, 0.25) is 5.02 Å². The first kappa shape index (κ1) is 25.1. The topological polar surface area (TPSA) is 140 Å². The standard InChI is InChI=1S/C15H12ClN5O2.C11H15NO/c16-9-3-6-11(19-7-9)23-10-4-1-8(2-5-10)13-12(15(18)22)14(17)21-20-13;1-2-5-10(13)12-9-4-3-6-11(12)7-8-11/h1-7H,(H2,18,22)(H3,17,20,21);3-4,6-9H2,1H3. The first-order valence-corrected chi connectivity index (χ1v) is 12.0. The number of H-pyrrole nitrogens is 1. The predicted octanol–water partition coefficient (Wildman–Crippen LogP) is 4.15. The molecule has 10 heteroatoms. The molecule has 5 N–H and O–H groups in total. The monoisotopic (exact) mass is 506 g/mol. The molecule has 0 atom stereocenters. The molecule has 5 rings (SSSR count). The van der Waals surface area contributed by atoms with Gasteiger partial charge in [-0.15, -0.1) is 0 Å². The highest BCUT2D eigenvalue weighted by molar-refractivity contribution is 6.30. The van der Waals surface area contributed by atoms with Crippen LogP contribution in [0.4, 0.5) is 5.82 Å². The van der Waals surface area contributed by atoms with Crippen LogP contribution in [0, 0.1) is 11.8 Å². The Hall–Kier alpha value is -4.03. The van der Waals surface area contributed by atoms with Crippen LogP contribution in [0.15, 0.2) is 42.6 Å². The molecule has 1 spiro atoms. The summed E-state index contributed by atoms with van der Waals surface area (Å²) in [5, 5.41) is 7.05. The third-order valence-electron chi connectivity index (χ3n) is 6.26. The Morgan fingerprint density at radius 3 is 2.50 bits per heavy atom. The number of benzene rings is 1. The minimum Gasteiger partial charge on any atom is -0.439 e. The van der Waals surface area contributed by atoms with E-state index in [0.717, 1.165) is 13.0 Å². The highest BCUT2D eigenvalue weighted by atomic mass is 35.5. The summed E-state index contributed by atoms with van der Waals surface area (Å²) in [6.07, 6.45) is 7.53. The van der Waals surface area contributed by atoms with Crippen molar-refractivity contribution >= 4 is 29.2 Å². The Labute approximate surface area is 214 Å². The van der Waals surface area contributed by atoms with E-state index in [-0.39, 0.29) is 22.8 Å². The second-order valence-corrected chi connectivity index (χ2v) is 9.11. The van der Waals surface area contributed by atoms with Gasteiger partial charge in [0.25, 0.3) is 11.8 Å². The van der Waals surface area contributed by atoms with Crippen molar-refractivity contribution in [2.45, 2.75) is 44.6 Å². The second kappa shape index (κ2) is 10.7. The highest BCUT2D eigenvalue weighted by Crippen LogP contribution is 2.48. The van der Waals surface area contributed by atoms with Crippen molar-refractivity contribution in [2.24, 2.45) is 5.73 Å². The van der Waals surface area contributed by atoms with Crippen LogP contribution in [0.3, 0.4) is 0 Å². The molecule has 2 aromatic heterocycles. The maximum atomic E-state index is 11.6. The Bertz CT molecular complexity index is 1300. The van der Waals surface area contributed by atoms with E-state index in [1.165, 1.54) is 31.9 Å². The molecular formula is C26H27ClN6O3. The van der Waals surface area contributed by atoms with Gasteiger partial charge in [0, 0.05) is 29.9 Å². The smallest absolute Gasteiger partial charge is 0.298 e. The predicted molar refractivity (Wildman–Crippen MR) is 137 cm³/mol. The van der Waals surface area contributed by atoms with Crippen molar-refractivity contribution in [1.82, 2.24) is 20.1 Å². The van der Waals surface area contributed by atoms with Crippen molar-refractivity contribution in [1.29, 1.82) is 0 Å². The molecular weight excluding hydrogens is 480 g/mol. The Morgan fingerprint density at radius 2 is 1.89 bits per heavy atom. The molecule has 1 aliphatic carbocycles. The van der Waals surface area contributed by atoms with E-state index in [1.54, 1.807) is 43.3 Å². The maximum absolute atomic E-state index is 11.6. The number of rotatable bonds is 4. The molecule has 0 radical (unpaired) electrons. The first-order chi connectivity index (χ1) is 17.3. The minimum absolute atomic E-state index is 0.0414. The quantitative estimate of drug-likeness (QED) is 0.454. The van der Waals surface area contributed by atoms with Gasteiger partial charge in [-0.05, 0) is 75.3 Å². The molecule has 186 valence electrons. The number of amides is 2. The number of ether oxygens (including phenoxy) is 1. The van der Waals surface area contributed by atoms with Crippen molar-refractivity contribution in [3.05, 3.63) is 53.2 Å². The number of nitrogens with two attached hydrogens (primary N) is 2. The number of aromatic amines is 1. The van der Waals surface area contributed by atoms with Gasteiger partial charge in [0.05, 0.1) is 10.7 Å². The summed E-state index contributed by atoms with van der Waals surface area (Å²) < 4.78 is 5.60. The number of hydrogen-bond donors (Lipinski definition) is 3. The number of carbonyl (C=O) groups excluding carboxylic acids is 2. The summed E-state index contributed by atoms with van der Waals surface area (Å²) in [5.74, 6) is 5.81. The largest absolute Gasteiger partial charge is 0.439 e. The average Bonchev–Trinajstić information content (AvgIpc) is 3.51. The molecule has 2 aliphatic rings. The summed E-state index contributed by atoms with van der Waals surface area (Å²) >= 11 is 5.77. The van der Waals surface area contributed by atoms with Crippen LogP contribution in [0.5, 0.6) is 11.6 Å². The molecule has 1 aromatic carbocycles. The zero-order valence-electron chi connectivity index (χ0n) is 19.9. The van der Waals surface area contributed by atoms with Gasteiger partial charge in [-0.1, -0.05) is 17.5 Å². The van der Waals surface area contributed by atoms with Crippen molar-refractivity contribution < 1.29 is 14.3 Å². The van der Waals surface area contributed by atoms with Gasteiger partial charge in [-0.3, -0.25) is 14.7 Å². The Balaban J connectivity index is 0.000000197. The molecule has 1 saturated heterocycles. The Kier molecular flexibility index (Phi) is 7.46. The van der Waals surface area contributed by atoms with Crippen LogP contribution in [-0.2, 0) is 4.79 Å². The fraction of sp³-hybridized carbons (Fsp3) is 0.308. The zero-order chi connectivity index (χ0) is 25.7. The summed E-state index contributed by atoms with van der Waals surface area (Å²) in [6.45, 7) is 2.65. The van der Waals surface area contributed by atoms with Crippen molar-refractivity contribution in [3.8, 4) is 34.7 Å². The van der Waals surface area contributed by atoms with Gasteiger partial charge in [0.15, 0.2) is 5.82 Å². The number of likely N-dealkylation sites (tertiary alicyclic amines) is 1. The van der Waals surface area contributed by atoms with E-state index in [4.69, 9.17) is 27.8 Å². The van der Waals surface area contributed by atoms with Crippen LogP contribution >= 0.6 is 11.6 Å². The molecule has 2 amide bonds.